The number of nitrogens with zero attached hydrogens (tertiary/aromatic N) is 1. The van der Waals surface area contributed by atoms with Crippen molar-refractivity contribution in [1.29, 1.82) is 0 Å². The zero-order valence-electron chi connectivity index (χ0n) is 8.68. The molecule has 0 spiro atoms. The Kier molecular flexibility index (Phi) is 6.19. The van der Waals surface area contributed by atoms with Gasteiger partial charge in [0.15, 0.2) is 0 Å². The van der Waals surface area contributed by atoms with Gasteiger partial charge in [-0.15, -0.1) is 0 Å². The fraction of sp³-hybridized carbons (Fsp3) is 0.273. The van der Waals surface area contributed by atoms with E-state index >= 15 is 0 Å². The van der Waals surface area contributed by atoms with Crippen molar-refractivity contribution in [2.75, 3.05) is 13.1 Å². The Balaban J connectivity index is 2.18. The van der Waals surface area contributed by atoms with Crippen molar-refractivity contribution in [2.45, 2.75) is 6.61 Å². The minimum atomic E-state index is -0.431. The van der Waals surface area contributed by atoms with Crippen LogP contribution in [0.2, 0.25) is 0 Å². The molecular formula is C11H12N2O2Se. The monoisotopic (exact) mass is 284 g/mol. The van der Waals surface area contributed by atoms with Crippen LogP contribution in [0.4, 0.5) is 4.79 Å². The number of benzene rings is 1. The molecule has 5 heteroatoms. The van der Waals surface area contributed by atoms with Crippen LogP contribution in [-0.2, 0) is 11.3 Å². The van der Waals surface area contributed by atoms with Crippen molar-refractivity contribution in [3.8, 4) is 0 Å². The molecule has 0 aliphatic rings. The minimum absolute atomic E-state index is 0.281. The number of amides is 1. The Hall–Kier alpha value is -1.41. The molecule has 1 N–H and O–H groups in total. The van der Waals surface area contributed by atoms with Crippen molar-refractivity contribution < 1.29 is 9.53 Å². The van der Waals surface area contributed by atoms with E-state index in [9.17, 15) is 4.79 Å². The van der Waals surface area contributed by atoms with Crippen LogP contribution in [0.25, 0.3) is 0 Å². The first-order valence-electron chi connectivity index (χ1n) is 4.81. The Morgan fingerprint density at radius 3 is 2.88 bits per heavy atom. The first-order valence-corrected chi connectivity index (χ1v) is 5.67. The first-order chi connectivity index (χ1) is 7.83. The quantitative estimate of drug-likeness (QED) is 0.497. The second kappa shape index (κ2) is 7.83. The second-order valence-corrected chi connectivity index (χ2v) is 3.34. The van der Waals surface area contributed by atoms with Crippen LogP contribution in [0, 0.1) is 0 Å². The molecule has 0 aromatic heterocycles. The molecule has 4 nitrogen and oxygen atoms in total. The number of hydrogen-bond acceptors (Lipinski definition) is 3. The number of aliphatic imine (C=N–C) groups is 1. The molecular weight excluding hydrogens is 271 g/mol. The molecule has 1 amide bonds. The van der Waals surface area contributed by atoms with E-state index in [4.69, 9.17) is 4.74 Å². The third-order valence-corrected chi connectivity index (χ3v) is 2.04. The molecule has 1 rings (SSSR count). The summed E-state index contributed by atoms with van der Waals surface area (Å²) in [7, 11) is 0. The molecule has 1 aromatic carbocycles. The van der Waals surface area contributed by atoms with Gasteiger partial charge in [0.05, 0.1) is 0 Å². The van der Waals surface area contributed by atoms with Gasteiger partial charge < -0.3 is 0 Å². The van der Waals surface area contributed by atoms with Crippen LogP contribution < -0.4 is 5.32 Å². The summed E-state index contributed by atoms with van der Waals surface area (Å²) in [5, 5.41) is 2.58. The number of hydrogen-bond donors (Lipinski definition) is 1. The predicted octanol–water partition coefficient (Wildman–Crippen LogP) is 0.987. The van der Waals surface area contributed by atoms with Gasteiger partial charge in [0, 0.05) is 0 Å². The van der Waals surface area contributed by atoms with Crippen molar-refractivity contribution in [2.24, 2.45) is 4.99 Å². The fourth-order valence-electron chi connectivity index (χ4n) is 1.03. The summed E-state index contributed by atoms with van der Waals surface area (Å²) in [4.78, 5) is 15.0. The van der Waals surface area contributed by atoms with E-state index in [0.29, 0.717) is 13.1 Å². The SMILES string of the molecule is O=C(NCCN=C=[Se])OCc1ccccc1. The summed E-state index contributed by atoms with van der Waals surface area (Å²) >= 11 is 2.52. The normalized spacial score (nSPS) is 9.00. The van der Waals surface area contributed by atoms with Gasteiger partial charge in [0.25, 0.3) is 0 Å². The standard InChI is InChI=1S/C11H12N2O2Se/c14-11(13-7-6-12-9-16)15-8-10-4-2-1-3-5-10/h1-5H,6-8H2,(H,13,14). The summed E-state index contributed by atoms with van der Waals surface area (Å²) in [5.41, 5.74) is 0.965. The van der Waals surface area contributed by atoms with Gasteiger partial charge in [-0.25, -0.2) is 0 Å². The van der Waals surface area contributed by atoms with Crippen LogP contribution in [0.15, 0.2) is 35.3 Å². The number of rotatable bonds is 5. The Morgan fingerprint density at radius 1 is 1.44 bits per heavy atom. The molecule has 0 fully saturated rings. The molecule has 0 heterocycles. The van der Waals surface area contributed by atoms with E-state index in [1.165, 1.54) is 0 Å². The van der Waals surface area contributed by atoms with Crippen molar-refractivity contribution in [1.82, 2.24) is 5.32 Å². The zero-order chi connectivity index (χ0) is 11.6. The van der Waals surface area contributed by atoms with E-state index in [0.717, 1.165) is 5.56 Å². The molecule has 16 heavy (non-hydrogen) atoms. The van der Waals surface area contributed by atoms with Crippen LogP contribution in [-0.4, -0.2) is 39.5 Å². The summed E-state index contributed by atoms with van der Waals surface area (Å²) in [6.07, 6.45) is -0.431. The maximum atomic E-state index is 11.2. The molecule has 0 unspecified atom stereocenters. The van der Waals surface area contributed by atoms with Gasteiger partial charge in [-0.1, -0.05) is 0 Å². The van der Waals surface area contributed by atoms with Gasteiger partial charge >= 0.3 is 102 Å². The van der Waals surface area contributed by atoms with E-state index in [1.54, 1.807) is 0 Å². The molecule has 1 aromatic rings. The predicted molar refractivity (Wildman–Crippen MR) is 62.7 cm³/mol. The second-order valence-electron chi connectivity index (χ2n) is 2.96. The van der Waals surface area contributed by atoms with Gasteiger partial charge in [-0.2, -0.15) is 0 Å². The molecule has 0 saturated heterocycles. The summed E-state index contributed by atoms with van der Waals surface area (Å²) in [6.45, 7) is 1.22. The number of ether oxygens (including phenoxy) is 1. The number of carbonyl (C=O) groups is 1. The maximum absolute atomic E-state index is 11.2. The Bertz CT molecular complexity index is 375. The van der Waals surface area contributed by atoms with Gasteiger partial charge in [0.1, 0.15) is 0 Å². The van der Waals surface area contributed by atoms with Gasteiger partial charge in [-0.3, -0.25) is 0 Å². The van der Waals surface area contributed by atoms with Gasteiger partial charge in [0.2, 0.25) is 0 Å². The van der Waals surface area contributed by atoms with Crippen molar-refractivity contribution in [3.63, 3.8) is 0 Å². The van der Waals surface area contributed by atoms with Crippen LogP contribution >= 0.6 is 0 Å². The topological polar surface area (TPSA) is 50.7 Å². The molecule has 0 aliphatic carbocycles. The molecule has 0 radical (unpaired) electrons. The number of nitrogens with one attached hydrogen (secondary N) is 1. The fourth-order valence-corrected chi connectivity index (χ4v) is 1.23. The number of carbonyl (C=O) groups excluding carboxylic acids is 1. The average Bonchev–Trinajstić information content (AvgIpc) is 2.33. The van der Waals surface area contributed by atoms with Crippen LogP contribution in [0.5, 0.6) is 0 Å². The molecule has 0 bridgehead atoms. The van der Waals surface area contributed by atoms with Crippen molar-refractivity contribution in [3.05, 3.63) is 35.9 Å². The number of alkyl carbamates (subject to hydrolysis) is 1. The third kappa shape index (κ3) is 5.47. The summed E-state index contributed by atoms with van der Waals surface area (Å²) in [5.74, 6) is 0. The zero-order valence-corrected chi connectivity index (χ0v) is 10.4. The van der Waals surface area contributed by atoms with Crippen LogP contribution in [0.1, 0.15) is 5.56 Å². The van der Waals surface area contributed by atoms with E-state index < -0.39 is 6.09 Å². The first kappa shape index (κ1) is 12.7. The summed E-state index contributed by atoms with van der Waals surface area (Å²) < 4.78 is 7.50. The van der Waals surface area contributed by atoms with E-state index in [1.807, 2.05) is 30.3 Å². The van der Waals surface area contributed by atoms with Crippen LogP contribution in [0.3, 0.4) is 0 Å². The van der Waals surface area contributed by atoms with E-state index in [2.05, 4.69) is 30.6 Å². The van der Waals surface area contributed by atoms with Gasteiger partial charge in [-0.05, 0) is 0 Å². The molecule has 0 aliphatic heterocycles. The third-order valence-electron chi connectivity index (χ3n) is 1.77. The van der Waals surface area contributed by atoms with E-state index in [-0.39, 0.29) is 6.61 Å². The molecule has 84 valence electrons. The molecule has 0 saturated carbocycles. The average molecular weight is 283 g/mol. The summed E-state index contributed by atoms with van der Waals surface area (Å²) in [6, 6.07) is 9.52. The van der Waals surface area contributed by atoms with Crippen molar-refractivity contribution >= 4 is 26.4 Å². The molecule has 0 atom stereocenters. The Labute approximate surface area is 102 Å². The Morgan fingerprint density at radius 2 is 2.19 bits per heavy atom.